The SMILES string of the molecule is Clc1ccc2c(c1SCc1cncs1)CCNCC2. The van der Waals surface area contributed by atoms with E-state index in [1.54, 1.807) is 11.3 Å². The van der Waals surface area contributed by atoms with Crippen molar-refractivity contribution in [3.05, 3.63) is 44.9 Å². The van der Waals surface area contributed by atoms with Crippen molar-refractivity contribution in [3.63, 3.8) is 0 Å². The van der Waals surface area contributed by atoms with Crippen LogP contribution in [0.15, 0.2) is 28.7 Å². The Labute approximate surface area is 126 Å². The van der Waals surface area contributed by atoms with Crippen LogP contribution in [0.3, 0.4) is 0 Å². The fraction of sp³-hybridized carbons (Fsp3) is 0.357. The first-order valence-corrected chi connectivity index (χ1v) is 8.60. The van der Waals surface area contributed by atoms with E-state index in [9.17, 15) is 0 Å². The first-order chi connectivity index (χ1) is 9.34. The van der Waals surface area contributed by atoms with Gasteiger partial charge in [-0.25, -0.2) is 0 Å². The van der Waals surface area contributed by atoms with Crippen LogP contribution in [-0.4, -0.2) is 18.1 Å². The van der Waals surface area contributed by atoms with Gasteiger partial charge in [0, 0.05) is 21.7 Å². The molecular weight excluding hydrogens is 296 g/mol. The number of benzene rings is 1. The Kier molecular flexibility index (Phi) is 4.43. The first kappa shape index (κ1) is 13.4. The summed E-state index contributed by atoms with van der Waals surface area (Å²) in [6.45, 7) is 2.11. The lowest BCUT2D eigenvalue weighted by molar-refractivity contribution is 0.709. The van der Waals surface area contributed by atoms with Crippen LogP contribution in [0.2, 0.25) is 5.02 Å². The molecule has 0 unspecified atom stereocenters. The third-order valence-corrected chi connectivity index (χ3v) is 5.87. The van der Waals surface area contributed by atoms with Crippen molar-refractivity contribution in [2.24, 2.45) is 0 Å². The maximum absolute atomic E-state index is 6.40. The van der Waals surface area contributed by atoms with Crippen LogP contribution < -0.4 is 5.32 Å². The molecular formula is C14H15ClN2S2. The van der Waals surface area contributed by atoms with Gasteiger partial charge < -0.3 is 5.32 Å². The molecule has 1 aliphatic rings. The van der Waals surface area contributed by atoms with Crippen LogP contribution >= 0.6 is 34.7 Å². The summed E-state index contributed by atoms with van der Waals surface area (Å²) in [4.78, 5) is 6.68. The summed E-state index contributed by atoms with van der Waals surface area (Å²) in [6, 6.07) is 4.22. The molecule has 100 valence electrons. The lowest BCUT2D eigenvalue weighted by atomic mass is 10.0. The van der Waals surface area contributed by atoms with E-state index in [1.165, 1.54) is 20.9 Å². The Morgan fingerprint density at radius 1 is 1.32 bits per heavy atom. The Morgan fingerprint density at radius 3 is 3.05 bits per heavy atom. The fourth-order valence-electron chi connectivity index (χ4n) is 2.32. The van der Waals surface area contributed by atoms with Crippen molar-refractivity contribution in [2.75, 3.05) is 13.1 Å². The molecule has 2 nitrogen and oxygen atoms in total. The van der Waals surface area contributed by atoms with Crippen molar-refractivity contribution in [1.82, 2.24) is 10.3 Å². The number of thioether (sulfide) groups is 1. The van der Waals surface area contributed by atoms with Gasteiger partial charge in [-0.2, -0.15) is 0 Å². The maximum atomic E-state index is 6.40. The largest absolute Gasteiger partial charge is 0.316 e. The zero-order valence-corrected chi connectivity index (χ0v) is 12.9. The number of nitrogens with zero attached hydrogens (tertiary/aromatic N) is 1. The zero-order chi connectivity index (χ0) is 13.1. The topological polar surface area (TPSA) is 24.9 Å². The molecule has 2 heterocycles. The highest BCUT2D eigenvalue weighted by atomic mass is 35.5. The molecule has 0 spiro atoms. The first-order valence-electron chi connectivity index (χ1n) is 6.36. The maximum Gasteiger partial charge on any atom is 0.0794 e. The summed E-state index contributed by atoms with van der Waals surface area (Å²) < 4.78 is 0. The molecule has 0 amide bonds. The molecule has 19 heavy (non-hydrogen) atoms. The Bertz CT molecular complexity index is 555. The third-order valence-electron chi connectivity index (χ3n) is 3.27. The van der Waals surface area contributed by atoms with Gasteiger partial charge in [-0.05, 0) is 43.1 Å². The van der Waals surface area contributed by atoms with E-state index in [-0.39, 0.29) is 0 Å². The van der Waals surface area contributed by atoms with E-state index < -0.39 is 0 Å². The van der Waals surface area contributed by atoms with Crippen molar-refractivity contribution in [3.8, 4) is 0 Å². The van der Waals surface area contributed by atoms with E-state index >= 15 is 0 Å². The second kappa shape index (κ2) is 6.27. The van der Waals surface area contributed by atoms with Gasteiger partial charge >= 0.3 is 0 Å². The fourth-order valence-corrected chi connectivity index (χ4v) is 4.47. The van der Waals surface area contributed by atoms with Crippen LogP contribution in [0.5, 0.6) is 0 Å². The van der Waals surface area contributed by atoms with E-state index in [4.69, 9.17) is 11.6 Å². The van der Waals surface area contributed by atoms with Crippen LogP contribution in [0.1, 0.15) is 16.0 Å². The van der Waals surface area contributed by atoms with Gasteiger partial charge in [-0.1, -0.05) is 17.7 Å². The van der Waals surface area contributed by atoms with Crippen LogP contribution in [0.4, 0.5) is 0 Å². The highest BCUT2D eigenvalue weighted by molar-refractivity contribution is 7.98. The molecule has 0 bridgehead atoms. The molecule has 1 aromatic heterocycles. The molecule has 0 fully saturated rings. The monoisotopic (exact) mass is 310 g/mol. The summed E-state index contributed by atoms with van der Waals surface area (Å²) in [7, 11) is 0. The number of hydrogen-bond donors (Lipinski definition) is 1. The van der Waals surface area contributed by atoms with Crippen LogP contribution in [-0.2, 0) is 18.6 Å². The lowest BCUT2D eigenvalue weighted by Crippen LogP contribution is -2.16. The number of hydrogen-bond acceptors (Lipinski definition) is 4. The summed E-state index contributed by atoms with van der Waals surface area (Å²) in [5.41, 5.74) is 4.76. The second-order valence-electron chi connectivity index (χ2n) is 4.52. The average Bonchev–Trinajstić information content (AvgIpc) is 2.82. The van der Waals surface area contributed by atoms with Crippen molar-refractivity contribution < 1.29 is 0 Å². The Hall–Kier alpha value is -0.550. The van der Waals surface area contributed by atoms with Gasteiger partial charge in [0.2, 0.25) is 0 Å². The molecule has 0 saturated carbocycles. The van der Waals surface area contributed by atoms with Crippen molar-refractivity contribution >= 4 is 34.7 Å². The molecule has 5 heteroatoms. The molecule has 3 rings (SSSR count). The minimum Gasteiger partial charge on any atom is -0.316 e. The molecule has 0 atom stereocenters. The predicted octanol–water partition coefficient (Wildman–Crippen LogP) is 3.78. The molecule has 1 aromatic carbocycles. The number of fused-ring (bicyclic) bond motifs is 1. The second-order valence-corrected chi connectivity index (χ2v) is 6.88. The van der Waals surface area contributed by atoms with E-state index in [2.05, 4.69) is 16.4 Å². The molecule has 1 aliphatic heterocycles. The van der Waals surface area contributed by atoms with Gasteiger partial charge in [0.1, 0.15) is 0 Å². The van der Waals surface area contributed by atoms with Crippen molar-refractivity contribution in [2.45, 2.75) is 23.5 Å². The minimum atomic E-state index is 0.884. The van der Waals surface area contributed by atoms with Crippen molar-refractivity contribution in [1.29, 1.82) is 0 Å². The molecule has 0 aliphatic carbocycles. The summed E-state index contributed by atoms with van der Waals surface area (Å²) in [6.07, 6.45) is 4.11. The number of aromatic nitrogens is 1. The summed E-state index contributed by atoms with van der Waals surface area (Å²) >= 11 is 9.94. The third kappa shape index (κ3) is 3.14. The number of halogens is 1. The summed E-state index contributed by atoms with van der Waals surface area (Å²) in [5.74, 6) is 0.953. The normalized spacial score (nSPS) is 15.0. The quantitative estimate of drug-likeness (QED) is 0.873. The van der Waals surface area contributed by atoms with E-state index in [0.717, 1.165) is 36.7 Å². The van der Waals surface area contributed by atoms with Gasteiger partial charge in [-0.3, -0.25) is 4.98 Å². The van der Waals surface area contributed by atoms with Gasteiger partial charge in [0.25, 0.3) is 0 Å². The number of rotatable bonds is 3. The molecule has 1 N–H and O–H groups in total. The average molecular weight is 311 g/mol. The number of nitrogens with one attached hydrogen (secondary N) is 1. The zero-order valence-electron chi connectivity index (χ0n) is 10.5. The lowest BCUT2D eigenvalue weighted by Gasteiger charge is -2.13. The standard InChI is InChI=1S/C14H15ClN2S2/c15-13-2-1-10-3-5-16-6-4-12(10)14(13)18-8-11-7-17-9-19-11/h1-2,7,9,16H,3-6,8H2. The van der Waals surface area contributed by atoms with Gasteiger partial charge in [0.15, 0.2) is 0 Å². The molecule has 0 radical (unpaired) electrons. The molecule has 2 aromatic rings. The molecule has 0 saturated heterocycles. The highest BCUT2D eigenvalue weighted by Gasteiger charge is 2.15. The van der Waals surface area contributed by atoms with Gasteiger partial charge in [-0.15, -0.1) is 23.1 Å². The Balaban J connectivity index is 1.86. The Morgan fingerprint density at radius 2 is 2.21 bits per heavy atom. The van der Waals surface area contributed by atoms with E-state index in [1.807, 2.05) is 29.5 Å². The van der Waals surface area contributed by atoms with E-state index in [0.29, 0.717) is 0 Å². The summed E-state index contributed by atoms with van der Waals surface area (Å²) in [5, 5.41) is 4.33. The van der Waals surface area contributed by atoms with Crippen LogP contribution in [0.25, 0.3) is 0 Å². The number of thiazole rings is 1. The minimum absolute atomic E-state index is 0.884. The predicted molar refractivity (Wildman–Crippen MR) is 83.4 cm³/mol. The van der Waals surface area contributed by atoms with Crippen LogP contribution in [0, 0.1) is 0 Å². The van der Waals surface area contributed by atoms with Gasteiger partial charge in [0.05, 0.1) is 10.5 Å². The highest BCUT2D eigenvalue weighted by Crippen LogP contribution is 2.36. The smallest absolute Gasteiger partial charge is 0.0794 e.